The molecule has 0 aromatic rings. The predicted molar refractivity (Wildman–Crippen MR) is 130 cm³/mol. The smallest absolute Gasteiger partial charge is 0.0577 e. The van der Waals surface area contributed by atoms with E-state index >= 15 is 0 Å². The van der Waals surface area contributed by atoms with Crippen LogP contribution in [0.15, 0.2) is 11.6 Å². The topological polar surface area (TPSA) is 40.5 Å². The van der Waals surface area contributed by atoms with Crippen molar-refractivity contribution in [2.45, 2.75) is 124 Å². The highest BCUT2D eigenvalue weighted by atomic mass is 16.3. The van der Waals surface area contributed by atoms with Crippen LogP contribution in [0.4, 0.5) is 0 Å². The Morgan fingerprint density at radius 2 is 1.81 bits per heavy atom. The van der Waals surface area contributed by atoms with E-state index in [1.54, 1.807) is 5.57 Å². The van der Waals surface area contributed by atoms with Gasteiger partial charge in [0, 0.05) is 0 Å². The molecule has 3 fully saturated rings. The lowest BCUT2D eigenvalue weighted by Crippen LogP contribution is -2.50. The van der Waals surface area contributed by atoms with Gasteiger partial charge in [0.25, 0.3) is 0 Å². The van der Waals surface area contributed by atoms with E-state index in [2.05, 4.69) is 40.7 Å². The number of allylic oxidation sites excluding steroid dienone is 1. The van der Waals surface area contributed by atoms with Crippen molar-refractivity contribution < 1.29 is 10.2 Å². The van der Waals surface area contributed by atoms with Gasteiger partial charge >= 0.3 is 0 Å². The Morgan fingerprint density at radius 1 is 1.03 bits per heavy atom. The number of aliphatic hydroxyl groups is 2. The third kappa shape index (κ3) is 4.18. The molecule has 4 rings (SSSR count). The maximum Gasteiger partial charge on any atom is 0.0577 e. The second kappa shape index (κ2) is 9.13. The molecule has 31 heavy (non-hydrogen) atoms. The molecule has 0 spiro atoms. The molecule has 0 aliphatic heterocycles. The first-order valence-electron chi connectivity index (χ1n) is 13.8. The van der Waals surface area contributed by atoms with E-state index in [4.69, 9.17) is 0 Å². The van der Waals surface area contributed by atoms with Crippen LogP contribution in [-0.2, 0) is 0 Å². The number of rotatable bonds is 7. The minimum absolute atomic E-state index is 0.102. The lowest BCUT2D eigenvalue weighted by molar-refractivity contribution is -0.0529. The summed E-state index contributed by atoms with van der Waals surface area (Å²) in [6.45, 7) is 12.0. The average Bonchev–Trinajstić information content (AvgIpc) is 3.07. The molecule has 0 amide bonds. The fourth-order valence-electron chi connectivity index (χ4n) is 9.11. The van der Waals surface area contributed by atoms with Crippen molar-refractivity contribution in [3.8, 4) is 0 Å². The highest BCUT2D eigenvalue weighted by molar-refractivity contribution is 5.25. The van der Waals surface area contributed by atoms with Crippen LogP contribution in [0.2, 0.25) is 0 Å². The number of hydrogen-bond acceptors (Lipinski definition) is 2. The van der Waals surface area contributed by atoms with Crippen molar-refractivity contribution >= 4 is 0 Å². The SMILES string of the molecule is CCC[C@H](C(C)C)[C@@H](O)CC[C@H]1CCC2C3CC=C4C[C@@H](O)CC[C@]4(C)C3CC[C@@]21C. The number of aliphatic hydroxyl groups excluding tert-OH is 2. The Hall–Kier alpha value is -0.340. The lowest BCUT2D eigenvalue weighted by Gasteiger charge is -2.58. The maximum absolute atomic E-state index is 11.0. The van der Waals surface area contributed by atoms with Gasteiger partial charge in [-0.1, -0.05) is 52.7 Å². The zero-order valence-electron chi connectivity index (χ0n) is 21.1. The number of hydrogen-bond donors (Lipinski definition) is 2. The van der Waals surface area contributed by atoms with Gasteiger partial charge in [0.15, 0.2) is 0 Å². The van der Waals surface area contributed by atoms with Crippen LogP contribution in [0.5, 0.6) is 0 Å². The van der Waals surface area contributed by atoms with Gasteiger partial charge in [-0.3, -0.25) is 0 Å². The van der Waals surface area contributed by atoms with Crippen molar-refractivity contribution in [2.24, 2.45) is 46.3 Å². The summed E-state index contributed by atoms with van der Waals surface area (Å²) in [5.41, 5.74) is 2.42. The summed E-state index contributed by atoms with van der Waals surface area (Å²) in [5.74, 6) is 4.39. The minimum atomic E-state index is -0.119. The van der Waals surface area contributed by atoms with Gasteiger partial charge in [0.2, 0.25) is 0 Å². The zero-order valence-corrected chi connectivity index (χ0v) is 21.1. The van der Waals surface area contributed by atoms with Gasteiger partial charge in [-0.25, -0.2) is 0 Å². The van der Waals surface area contributed by atoms with E-state index in [-0.39, 0.29) is 12.2 Å². The molecule has 4 aliphatic carbocycles. The van der Waals surface area contributed by atoms with E-state index in [0.717, 1.165) is 49.4 Å². The first kappa shape index (κ1) is 23.8. The van der Waals surface area contributed by atoms with Gasteiger partial charge in [-0.2, -0.15) is 0 Å². The molecule has 4 aliphatic rings. The third-order valence-electron chi connectivity index (χ3n) is 11.1. The predicted octanol–water partition coefficient (Wildman–Crippen LogP) is 7.14. The Kier molecular flexibility index (Phi) is 7.01. The summed E-state index contributed by atoms with van der Waals surface area (Å²) in [5, 5.41) is 21.2. The van der Waals surface area contributed by atoms with Crippen molar-refractivity contribution in [3.05, 3.63) is 11.6 Å². The lowest BCUT2D eigenvalue weighted by atomic mass is 9.47. The van der Waals surface area contributed by atoms with Crippen LogP contribution in [0.1, 0.15) is 112 Å². The van der Waals surface area contributed by atoms with Gasteiger partial charge in [0.1, 0.15) is 0 Å². The van der Waals surface area contributed by atoms with Crippen LogP contribution in [0.3, 0.4) is 0 Å². The highest BCUT2D eigenvalue weighted by Gasteiger charge is 2.58. The molecular weight excluding hydrogens is 380 g/mol. The molecule has 0 saturated heterocycles. The molecule has 0 aromatic heterocycles. The van der Waals surface area contributed by atoms with E-state index in [9.17, 15) is 10.2 Å². The Morgan fingerprint density at radius 3 is 2.52 bits per heavy atom. The quantitative estimate of drug-likeness (QED) is 0.421. The summed E-state index contributed by atoms with van der Waals surface area (Å²) >= 11 is 0. The highest BCUT2D eigenvalue weighted by Crippen LogP contribution is 2.66. The number of fused-ring (bicyclic) bond motifs is 5. The standard InChI is InChI=1S/C29H50O2/c1-6-7-23(19(2)3)27(31)13-10-20-9-12-25-24-11-8-21-18-22(30)14-16-29(21,5)26(24)15-17-28(20,25)4/h8,19-20,22-27,30-31H,6-7,9-18H2,1-5H3/t20-,22+,23-,24?,25?,26?,27+,28-,29+/m1/s1. The molecule has 2 heteroatoms. The Balaban J connectivity index is 1.44. The molecule has 178 valence electrons. The summed E-state index contributed by atoms with van der Waals surface area (Å²) in [7, 11) is 0. The molecule has 0 aromatic carbocycles. The molecule has 0 bridgehead atoms. The molecule has 9 atom stereocenters. The molecule has 3 saturated carbocycles. The first-order chi connectivity index (χ1) is 14.7. The van der Waals surface area contributed by atoms with Gasteiger partial charge in [0.05, 0.1) is 12.2 Å². The summed E-state index contributed by atoms with van der Waals surface area (Å²) in [4.78, 5) is 0. The van der Waals surface area contributed by atoms with Gasteiger partial charge in [-0.05, 0) is 117 Å². The Bertz CT molecular complexity index is 653. The van der Waals surface area contributed by atoms with Crippen molar-refractivity contribution in [1.29, 1.82) is 0 Å². The molecule has 0 radical (unpaired) electrons. The van der Waals surface area contributed by atoms with Crippen molar-refractivity contribution in [2.75, 3.05) is 0 Å². The first-order valence-corrected chi connectivity index (χ1v) is 13.8. The fourth-order valence-corrected chi connectivity index (χ4v) is 9.11. The van der Waals surface area contributed by atoms with Crippen LogP contribution in [-0.4, -0.2) is 22.4 Å². The van der Waals surface area contributed by atoms with Crippen molar-refractivity contribution in [1.82, 2.24) is 0 Å². The van der Waals surface area contributed by atoms with Crippen LogP contribution < -0.4 is 0 Å². The van der Waals surface area contributed by atoms with Crippen molar-refractivity contribution in [3.63, 3.8) is 0 Å². The second-order valence-corrected chi connectivity index (χ2v) is 12.8. The van der Waals surface area contributed by atoms with Crippen LogP contribution >= 0.6 is 0 Å². The molecule has 0 heterocycles. The van der Waals surface area contributed by atoms with E-state index in [0.29, 0.717) is 22.7 Å². The van der Waals surface area contributed by atoms with E-state index in [1.807, 2.05) is 0 Å². The molecular formula is C29H50O2. The van der Waals surface area contributed by atoms with E-state index in [1.165, 1.54) is 51.4 Å². The average molecular weight is 431 g/mol. The maximum atomic E-state index is 11.0. The summed E-state index contributed by atoms with van der Waals surface area (Å²) < 4.78 is 0. The second-order valence-electron chi connectivity index (χ2n) is 12.8. The summed E-state index contributed by atoms with van der Waals surface area (Å²) in [6.07, 6.45) is 16.8. The normalized spacial score (nSPS) is 44.3. The van der Waals surface area contributed by atoms with E-state index < -0.39 is 0 Å². The molecule has 2 N–H and O–H groups in total. The largest absolute Gasteiger partial charge is 0.393 e. The monoisotopic (exact) mass is 430 g/mol. The minimum Gasteiger partial charge on any atom is -0.393 e. The van der Waals surface area contributed by atoms with Crippen LogP contribution in [0.25, 0.3) is 0 Å². The molecule has 2 nitrogen and oxygen atoms in total. The van der Waals surface area contributed by atoms with Gasteiger partial charge < -0.3 is 10.2 Å². The third-order valence-corrected chi connectivity index (χ3v) is 11.1. The zero-order chi connectivity index (χ0) is 22.4. The fraction of sp³-hybridized carbons (Fsp3) is 0.931. The summed E-state index contributed by atoms with van der Waals surface area (Å²) in [6, 6.07) is 0. The van der Waals surface area contributed by atoms with Gasteiger partial charge in [-0.15, -0.1) is 0 Å². The Labute approximate surface area is 192 Å². The van der Waals surface area contributed by atoms with Crippen LogP contribution in [0, 0.1) is 46.3 Å². The molecule has 3 unspecified atom stereocenters.